The molecule has 0 fully saturated rings. The summed E-state index contributed by atoms with van der Waals surface area (Å²) in [4.78, 5) is 26.9. The molecular formula is C15H15NO4. The van der Waals surface area contributed by atoms with E-state index >= 15 is 0 Å². The number of hydrogen-bond donors (Lipinski definition) is 0. The van der Waals surface area contributed by atoms with Crippen LogP contribution in [-0.4, -0.2) is 30.0 Å². The predicted octanol–water partition coefficient (Wildman–Crippen LogP) is 2.14. The Hall–Kier alpha value is -2.43. The van der Waals surface area contributed by atoms with E-state index in [0.717, 1.165) is 10.9 Å². The van der Waals surface area contributed by atoms with Gasteiger partial charge in [-0.1, -0.05) is 6.07 Å². The lowest BCUT2D eigenvalue weighted by atomic mass is 10.2. The lowest BCUT2D eigenvalue weighted by molar-refractivity contribution is -0.145. The summed E-state index contributed by atoms with van der Waals surface area (Å²) in [5.74, 6) is -0.292. The van der Waals surface area contributed by atoms with Gasteiger partial charge in [0.25, 0.3) is 0 Å². The van der Waals surface area contributed by atoms with Crippen molar-refractivity contribution >= 4 is 22.7 Å². The molecule has 5 nitrogen and oxygen atoms in total. The van der Waals surface area contributed by atoms with E-state index in [-0.39, 0.29) is 25.4 Å². The lowest BCUT2D eigenvalue weighted by Crippen LogP contribution is -2.17. The number of ether oxygens (including phenoxy) is 2. The van der Waals surface area contributed by atoms with E-state index in [9.17, 15) is 9.59 Å². The Kier molecular flexibility index (Phi) is 4.65. The number of nitrogens with zero attached hydrogens (tertiary/aromatic N) is 1. The summed E-state index contributed by atoms with van der Waals surface area (Å²) in [6.45, 7) is 1.81. The summed E-state index contributed by atoms with van der Waals surface area (Å²) >= 11 is 0. The summed E-state index contributed by atoms with van der Waals surface area (Å²) in [5.41, 5.74) is 0.794. The Morgan fingerprint density at radius 3 is 2.90 bits per heavy atom. The number of Topliss-reactive ketones (excluding diaryl/α,β-unsaturated/α-hetero) is 1. The maximum absolute atomic E-state index is 11.5. The third-order valence-corrected chi connectivity index (χ3v) is 2.62. The van der Waals surface area contributed by atoms with Gasteiger partial charge in [0, 0.05) is 17.6 Å². The molecule has 20 heavy (non-hydrogen) atoms. The Morgan fingerprint density at radius 1 is 1.25 bits per heavy atom. The van der Waals surface area contributed by atoms with Crippen LogP contribution in [0.3, 0.4) is 0 Å². The fourth-order valence-corrected chi connectivity index (χ4v) is 1.72. The second-order valence-corrected chi connectivity index (χ2v) is 4.17. The van der Waals surface area contributed by atoms with Gasteiger partial charge in [0.1, 0.15) is 18.8 Å². The van der Waals surface area contributed by atoms with Gasteiger partial charge in [0.2, 0.25) is 0 Å². The zero-order valence-corrected chi connectivity index (χ0v) is 11.2. The van der Waals surface area contributed by atoms with Crippen molar-refractivity contribution in [3.05, 3.63) is 36.5 Å². The molecule has 2 aromatic rings. The lowest BCUT2D eigenvalue weighted by Gasteiger charge is -2.06. The summed E-state index contributed by atoms with van der Waals surface area (Å²) in [6, 6.07) is 9.19. The predicted molar refractivity (Wildman–Crippen MR) is 73.5 cm³/mol. The molecular weight excluding hydrogens is 258 g/mol. The highest BCUT2D eigenvalue weighted by Gasteiger charge is 2.11. The molecule has 0 aliphatic rings. The molecule has 0 aliphatic carbocycles. The SMILES string of the molecule is CCOC(=O)CC(=O)COc1ccc2cccnc2c1. The van der Waals surface area contributed by atoms with Gasteiger partial charge in [-0.2, -0.15) is 0 Å². The number of benzene rings is 1. The molecule has 0 saturated carbocycles. The molecule has 5 heteroatoms. The van der Waals surface area contributed by atoms with E-state index < -0.39 is 5.97 Å². The minimum atomic E-state index is -0.527. The largest absolute Gasteiger partial charge is 0.486 e. The number of hydrogen-bond acceptors (Lipinski definition) is 5. The molecule has 0 unspecified atom stereocenters. The van der Waals surface area contributed by atoms with Gasteiger partial charge in [-0.05, 0) is 25.1 Å². The standard InChI is InChI=1S/C15H15NO4/c1-2-19-15(18)8-12(17)10-20-13-6-5-11-4-3-7-16-14(11)9-13/h3-7,9H,2,8,10H2,1H3. The van der Waals surface area contributed by atoms with Crippen LogP contribution < -0.4 is 4.74 Å². The topological polar surface area (TPSA) is 65.5 Å². The monoisotopic (exact) mass is 273 g/mol. The van der Waals surface area contributed by atoms with Crippen molar-refractivity contribution in [2.45, 2.75) is 13.3 Å². The van der Waals surface area contributed by atoms with Gasteiger partial charge in [-0.3, -0.25) is 14.6 Å². The molecule has 1 aromatic carbocycles. The van der Waals surface area contributed by atoms with Crippen molar-refractivity contribution in [1.29, 1.82) is 0 Å². The van der Waals surface area contributed by atoms with E-state index in [1.54, 1.807) is 25.3 Å². The molecule has 0 atom stereocenters. The molecule has 104 valence electrons. The van der Waals surface area contributed by atoms with Crippen molar-refractivity contribution in [1.82, 2.24) is 4.98 Å². The van der Waals surface area contributed by atoms with Gasteiger partial charge in [-0.25, -0.2) is 0 Å². The second-order valence-electron chi connectivity index (χ2n) is 4.17. The van der Waals surface area contributed by atoms with Crippen LogP contribution in [0.25, 0.3) is 10.9 Å². The first-order chi connectivity index (χ1) is 9.69. The third-order valence-electron chi connectivity index (χ3n) is 2.62. The highest BCUT2D eigenvalue weighted by molar-refractivity contribution is 5.96. The molecule has 0 aliphatic heterocycles. The smallest absolute Gasteiger partial charge is 0.313 e. The van der Waals surface area contributed by atoms with Gasteiger partial charge in [-0.15, -0.1) is 0 Å². The van der Waals surface area contributed by atoms with Gasteiger partial charge in [0.05, 0.1) is 12.1 Å². The molecule has 0 saturated heterocycles. The van der Waals surface area contributed by atoms with Gasteiger partial charge < -0.3 is 9.47 Å². The van der Waals surface area contributed by atoms with Crippen molar-refractivity contribution in [2.75, 3.05) is 13.2 Å². The van der Waals surface area contributed by atoms with Gasteiger partial charge in [0.15, 0.2) is 5.78 Å². The maximum atomic E-state index is 11.5. The number of esters is 1. The summed E-state index contributed by atoms with van der Waals surface area (Å²) < 4.78 is 10.1. The number of fused-ring (bicyclic) bond motifs is 1. The first-order valence-corrected chi connectivity index (χ1v) is 6.34. The quantitative estimate of drug-likeness (QED) is 0.596. The van der Waals surface area contributed by atoms with E-state index in [0.29, 0.717) is 5.75 Å². The van der Waals surface area contributed by atoms with E-state index in [2.05, 4.69) is 4.98 Å². The van der Waals surface area contributed by atoms with Crippen molar-refractivity contribution in [3.8, 4) is 5.75 Å². The number of ketones is 1. The van der Waals surface area contributed by atoms with Crippen LogP contribution in [0.4, 0.5) is 0 Å². The zero-order valence-electron chi connectivity index (χ0n) is 11.2. The number of carbonyl (C=O) groups is 2. The maximum Gasteiger partial charge on any atom is 0.313 e. The van der Waals surface area contributed by atoms with Crippen LogP contribution in [0.2, 0.25) is 0 Å². The van der Waals surface area contributed by atoms with Crippen molar-refractivity contribution in [2.24, 2.45) is 0 Å². The fourth-order valence-electron chi connectivity index (χ4n) is 1.72. The average Bonchev–Trinajstić information content (AvgIpc) is 2.45. The van der Waals surface area contributed by atoms with Crippen LogP contribution >= 0.6 is 0 Å². The Labute approximate surface area is 116 Å². The van der Waals surface area contributed by atoms with Crippen LogP contribution in [0.5, 0.6) is 5.75 Å². The molecule has 0 spiro atoms. The minimum Gasteiger partial charge on any atom is -0.486 e. The molecule has 0 bridgehead atoms. The Balaban J connectivity index is 1.92. The summed E-state index contributed by atoms with van der Waals surface area (Å²) in [5, 5.41) is 0.998. The van der Waals surface area contributed by atoms with Crippen molar-refractivity contribution in [3.63, 3.8) is 0 Å². The minimum absolute atomic E-state index is 0.156. The zero-order chi connectivity index (χ0) is 14.4. The molecule has 2 rings (SSSR count). The van der Waals surface area contributed by atoms with Crippen LogP contribution in [0.15, 0.2) is 36.5 Å². The van der Waals surface area contributed by atoms with E-state index in [4.69, 9.17) is 9.47 Å². The Morgan fingerprint density at radius 2 is 2.10 bits per heavy atom. The Bertz CT molecular complexity index is 624. The normalized spacial score (nSPS) is 10.2. The number of pyridine rings is 1. The number of rotatable bonds is 6. The highest BCUT2D eigenvalue weighted by Crippen LogP contribution is 2.18. The van der Waals surface area contributed by atoms with Crippen LogP contribution in [0, 0.1) is 0 Å². The number of aromatic nitrogens is 1. The van der Waals surface area contributed by atoms with Crippen LogP contribution in [-0.2, 0) is 14.3 Å². The second kappa shape index (κ2) is 6.65. The molecule has 0 N–H and O–H groups in total. The molecule has 0 amide bonds. The average molecular weight is 273 g/mol. The number of carbonyl (C=O) groups excluding carboxylic acids is 2. The van der Waals surface area contributed by atoms with Crippen molar-refractivity contribution < 1.29 is 19.1 Å². The summed E-state index contributed by atoms with van der Waals surface area (Å²) in [7, 11) is 0. The van der Waals surface area contributed by atoms with E-state index in [1.165, 1.54) is 0 Å². The third kappa shape index (κ3) is 3.78. The van der Waals surface area contributed by atoms with E-state index in [1.807, 2.05) is 18.2 Å². The molecule has 0 radical (unpaired) electrons. The summed E-state index contributed by atoms with van der Waals surface area (Å²) in [6.07, 6.45) is 1.43. The first kappa shape index (κ1) is 14.0. The first-order valence-electron chi connectivity index (χ1n) is 6.34. The highest BCUT2D eigenvalue weighted by atomic mass is 16.5. The fraction of sp³-hybridized carbons (Fsp3) is 0.267. The molecule has 1 heterocycles. The molecule has 1 aromatic heterocycles. The van der Waals surface area contributed by atoms with Crippen LogP contribution in [0.1, 0.15) is 13.3 Å². The van der Waals surface area contributed by atoms with Gasteiger partial charge >= 0.3 is 5.97 Å².